The number of fused-ring (bicyclic) bond motifs is 2. The molecule has 0 saturated carbocycles. The topological polar surface area (TPSA) is 136 Å². The van der Waals surface area contributed by atoms with E-state index in [1.165, 1.54) is 0 Å². The van der Waals surface area contributed by atoms with E-state index in [0.29, 0.717) is 106 Å². The first-order chi connectivity index (χ1) is 37.2. The van der Waals surface area contributed by atoms with Crippen molar-refractivity contribution < 1.29 is 68.5 Å². The Morgan fingerprint density at radius 1 is 0.325 bits per heavy atom. The molecule has 12 nitrogen and oxygen atoms in total. The first-order valence-corrected chi connectivity index (χ1v) is 24.4. The molecule has 0 saturated heterocycles. The fourth-order valence-electron chi connectivity index (χ4n) is 8.93. The van der Waals surface area contributed by atoms with Crippen molar-refractivity contribution in [2.75, 3.05) is 52.9 Å². The van der Waals surface area contributed by atoms with Crippen molar-refractivity contribution >= 4 is 23.2 Å². The quantitative estimate of drug-likeness (QED) is 0.0437. The zero-order chi connectivity index (χ0) is 53.9. The molecule has 0 unspecified atom stereocenters. The van der Waals surface area contributed by atoms with Crippen molar-refractivity contribution in [2.45, 2.75) is 10.8 Å². The SMILES string of the molecule is C=CCOc1ccc(C2(c3ccc(OCC=C)c(OCC=C)c3)C(=O)[N-]c3ccccc32)cc1OCC=C.C=CCOc1ccc(C2(c3ccc(OCC=C)c(OCC=C)c3)C(=O)[N-]c3ccccc32)cc1OCC=C.[W+2]. The molecule has 2 amide bonds. The van der Waals surface area contributed by atoms with Crippen molar-refractivity contribution in [3.05, 3.63) is 267 Å². The number of ether oxygens (including phenoxy) is 8. The fourth-order valence-corrected chi connectivity index (χ4v) is 8.93. The molecule has 2 aliphatic heterocycles. The summed E-state index contributed by atoms with van der Waals surface area (Å²) in [4.78, 5) is 27.9. The summed E-state index contributed by atoms with van der Waals surface area (Å²) in [7, 11) is 0. The van der Waals surface area contributed by atoms with Crippen LogP contribution < -0.4 is 37.9 Å². The van der Waals surface area contributed by atoms with Gasteiger partial charge in [-0.1, -0.05) is 174 Å². The summed E-state index contributed by atoms with van der Waals surface area (Å²) < 4.78 is 47.0. The number of hydrogen-bond acceptors (Lipinski definition) is 10. The van der Waals surface area contributed by atoms with E-state index < -0.39 is 10.8 Å². The number of hydrogen-bond donors (Lipinski definition) is 0. The summed E-state index contributed by atoms with van der Waals surface area (Å²) in [6, 6.07) is 37.0. The molecular weight excluding hydrogens is 1140 g/mol. The van der Waals surface area contributed by atoms with Gasteiger partial charge in [-0.05, 0) is 81.9 Å². The molecule has 0 N–H and O–H groups in total. The Bertz CT molecular complexity index is 2790. The van der Waals surface area contributed by atoms with E-state index in [2.05, 4.69) is 63.3 Å². The van der Waals surface area contributed by atoms with Gasteiger partial charge in [-0.15, -0.1) is 11.4 Å². The minimum atomic E-state index is -1.25. The third-order valence-electron chi connectivity index (χ3n) is 12.1. The Balaban J connectivity index is 0.000000246. The zero-order valence-corrected chi connectivity index (χ0v) is 45.8. The number of carbonyl (C=O) groups excluding carboxylic acids is 2. The Hall–Kier alpha value is -8.73. The fraction of sp³-hybridized carbons (Fsp3) is 0.156. The van der Waals surface area contributed by atoms with Crippen LogP contribution in [0.3, 0.4) is 0 Å². The monoisotopic (exact) mass is 1200 g/mol. The molecule has 0 radical (unpaired) electrons. The number of rotatable bonds is 28. The van der Waals surface area contributed by atoms with Crippen molar-refractivity contribution in [3.8, 4) is 46.0 Å². The number of benzene rings is 6. The smallest absolute Gasteiger partial charge is 0.625 e. The predicted molar refractivity (Wildman–Crippen MR) is 300 cm³/mol. The third kappa shape index (κ3) is 12.2. The number of nitrogens with zero attached hydrogens (tertiary/aromatic N) is 2. The Kier molecular flexibility index (Phi) is 20.7. The number of amides is 2. The van der Waals surface area contributed by atoms with Crippen molar-refractivity contribution in [3.63, 3.8) is 0 Å². The van der Waals surface area contributed by atoms with E-state index in [9.17, 15) is 9.59 Å². The largest absolute Gasteiger partial charge is 2.00 e. The zero-order valence-electron chi connectivity index (χ0n) is 42.9. The summed E-state index contributed by atoms with van der Waals surface area (Å²) in [6.07, 6.45) is 13.2. The molecule has 6 aromatic carbocycles. The maximum atomic E-state index is 13.9. The van der Waals surface area contributed by atoms with Gasteiger partial charge in [0.2, 0.25) is 0 Å². The second-order valence-electron chi connectivity index (χ2n) is 16.8. The van der Waals surface area contributed by atoms with Gasteiger partial charge in [-0.25, -0.2) is 0 Å². The Labute approximate surface area is 465 Å². The van der Waals surface area contributed by atoms with Crippen LogP contribution in [0.1, 0.15) is 33.4 Å². The van der Waals surface area contributed by atoms with Crippen LogP contribution in [0.5, 0.6) is 46.0 Å². The maximum Gasteiger partial charge on any atom is 2.00 e. The Morgan fingerprint density at radius 2 is 0.545 bits per heavy atom. The van der Waals surface area contributed by atoms with E-state index in [1.54, 1.807) is 72.9 Å². The van der Waals surface area contributed by atoms with E-state index in [1.807, 2.05) is 97.1 Å². The van der Waals surface area contributed by atoms with Crippen molar-refractivity contribution in [1.29, 1.82) is 0 Å². The number of carbonyl (C=O) groups is 2. The van der Waals surface area contributed by atoms with Gasteiger partial charge in [-0.2, -0.15) is 0 Å². The van der Waals surface area contributed by atoms with Gasteiger partial charge >= 0.3 is 21.1 Å². The van der Waals surface area contributed by atoms with Crippen LogP contribution in [0.15, 0.2) is 223 Å². The van der Waals surface area contributed by atoms with E-state index in [0.717, 1.165) is 11.1 Å². The van der Waals surface area contributed by atoms with Gasteiger partial charge in [0.15, 0.2) is 46.0 Å². The minimum Gasteiger partial charge on any atom is -0.625 e. The van der Waals surface area contributed by atoms with Crippen LogP contribution in [-0.4, -0.2) is 64.7 Å². The van der Waals surface area contributed by atoms with Gasteiger partial charge < -0.3 is 58.1 Å². The third-order valence-corrected chi connectivity index (χ3v) is 12.1. The summed E-state index contributed by atoms with van der Waals surface area (Å²) >= 11 is 0. The normalized spacial score (nSPS) is 12.8. The van der Waals surface area contributed by atoms with Crippen LogP contribution in [0.25, 0.3) is 10.6 Å². The predicted octanol–water partition coefficient (Wildman–Crippen LogP) is 13.6. The van der Waals surface area contributed by atoms with E-state index in [-0.39, 0.29) is 59.3 Å². The molecule has 0 fully saturated rings. The molecule has 77 heavy (non-hydrogen) atoms. The molecule has 392 valence electrons. The van der Waals surface area contributed by atoms with Gasteiger partial charge in [0.25, 0.3) is 0 Å². The molecule has 0 atom stereocenters. The van der Waals surface area contributed by atoms with Crippen LogP contribution in [0.4, 0.5) is 11.4 Å². The van der Waals surface area contributed by atoms with E-state index >= 15 is 0 Å². The second-order valence-corrected chi connectivity index (χ2v) is 16.8. The van der Waals surface area contributed by atoms with Gasteiger partial charge in [-0.3, -0.25) is 0 Å². The van der Waals surface area contributed by atoms with Crippen LogP contribution in [-0.2, 0) is 41.5 Å². The maximum absolute atomic E-state index is 13.9. The molecule has 0 spiro atoms. The molecule has 2 aliphatic rings. The first-order valence-electron chi connectivity index (χ1n) is 24.4. The van der Waals surface area contributed by atoms with Gasteiger partial charge in [0.05, 0.1) is 22.6 Å². The average molecular weight is 1200 g/mol. The molecule has 0 aliphatic carbocycles. The molecule has 0 aromatic heterocycles. The molecule has 6 aromatic rings. The van der Waals surface area contributed by atoms with Gasteiger partial charge in [0, 0.05) is 0 Å². The standard InChI is InChI=1S/2C32H31NO5.W/c2*1-5-17-35-27-15-13-23(21-29(27)37-19-7-3)32(25-11-9-10-12-26(25)33-31(32)34)24-14-16-28(36-18-6-2)30(22-24)38-20-8-4;/h2*5-16,21-22H,1-4,17-20H2,(H,33,34);/q;;+2/p-2. The van der Waals surface area contributed by atoms with E-state index in [4.69, 9.17) is 37.9 Å². The second kappa shape index (κ2) is 27.7. The van der Waals surface area contributed by atoms with Crippen molar-refractivity contribution in [2.24, 2.45) is 0 Å². The van der Waals surface area contributed by atoms with Crippen LogP contribution >= 0.6 is 0 Å². The van der Waals surface area contributed by atoms with Crippen LogP contribution in [0.2, 0.25) is 0 Å². The molecule has 13 heteroatoms. The summed E-state index contributed by atoms with van der Waals surface area (Å²) in [6.45, 7) is 32.1. The minimum absolute atomic E-state index is 0. The molecule has 2 heterocycles. The van der Waals surface area contributed by atoms with Gasteiger partial charge in [0.1, 0.15) is 52.9 Å². The number of para-hydroxylation sites is 2. The molecule has 8 rings (SSSR count). The summed E-state index contributed by atoms with van der Waals surface area (Å²) in [5.74, 6) is 3.42. The van der Waals surface area contributed by atoms with Crippen LogP contribution in [0, 0.1) is 0 Å². The Morgan fingerprint density at radius 3 is 0.779 bits per heavy atom. The van der Waals surface area contributed by atoms with Crippen molar-refractivity contribution in [1.82, 2.24) is 0 Å². The first kappa shape index (κ1) is 57.5. The molecular formula is C64H60N2O10W. The molecule has 0 bridgehead atoms. The summed E-state index contributed by atoms with van der Waals surface area (Å²) in [5.41, 5.74) is 2.95. The average Bonchev–Trinajstić information content (AvgIpc) is 4.00. The summed E-state index contributed by atoms with van der Waals surface area (Å²) in [5, 5.41) is 8.89.